The van der Waals surface area contributed by atoms with E-state index in [1.54, 1.807) is 31.3 Å². The average Bonchev–Trinajstić information content (AvgIpc) is 2.44. The predicted molar refractivity (Wildman–Crippen MR) is 78.4 cm³/mol. The molecule has 0 aliphatic heterocycles. The Bertz CT molecular complexity index is 610. The standard InChI is InChI=1S/C16H15ClF3N/c1-21-15(10-11-5-4-6-12(17)9-11)13-7-2-3-8-14(13)16(18,19)20/h2-9,15,21H,10H2,1H3. The Morgan fingerprint density at radius 2 is 1.81 bits per heavy atom. The van der Waals surface area contributed by atoms with Gasteiger partial charge in [-0.1, -0.05) is 41.9 Å². The summed E-state index contributed by atoms with van der Waals surface area (Å²) in [4.78, 5) is 0. The van der Waals surface area contributed by atoms with E-state index in [-0.39, 0.29) is 5.56 Å². The molecule has 1 N–H and O–H groups in total. The number of hydrogen-bond donors (Lipinski definition) is 1. The van der Waals surface area contributed by atoms with Crippen molar-refractivity contribution in [2.75, 3.05) is 7.05 Å². The van der Waals surface area contributed by atoms with E-state index >= 15 is 0 Å². The molecule has 2 aromatic carbocycles. The van der Waals surface area contributed by atoms with Gasteiger partial charge in [-0.15, -0.1) is 0 Å². The van der Waals surface area contributed by atoms with Crippen molar-refractivity contribution in [1.29, 1.82) is 0 Å². The highest BCUT2D eigenvalue weighted by atomic mass is 35.5. The van der Waals surface area contributed by atoms with Crippen molar-refractivity contribution in [2.24, 2.45) is 0 Å². The number of halogens is 4. The lowest BCUT2D eigenvalue weighted by molar-refractivity contribution is -0.138. The van der Waals surface area contributed by atoms with Crippen LogP contribution in [-0.4, -0.2) is 7.05 Å². The highest BCUT2D eigenvalue weighted by Gasteiger charge is 2.34. The third kappa shape index (κ3) is 3.99. The fourth-order valence-electron chi connectivity index (χ4n) is 2.33. The molecule has 0 radical (unpaired) electrons. The van der Waals surface area contributed by atoms with Crippen molar-refractivity contribution in [3.05, 3.63) is 70.2 Å². The van der Waals surface area contributed by atoms with Crippen molar-refractivity contribution in [1.82, 2.24) is 5.32 Å². The molecule has 2 aromatic rings. The smallest absolute Gasteiger partial charge is 0.313 e. The zero-order chi connectivity index (χ0) is 15.5. The molecule has 112 valence electrons. The first-order chi connectivity index (χ1) is 9.91. The topological polar surface area (TPSA) is 12.0 Å². The monoisotopic (exact) mass is 313 g/mol. The first-order valence-electron chi connectivity index (χ1n) is 6.49. The van der Waals surface area contributed by atoms with Gasteiger partial charge >= 0.3 is 6.18 Å². The summed E-state index contributed by atoms with van der Waals surface area (Å²) in [6.45, 7) is 0. The fraction of sp³-hybridized carbons (Fsp3) is 0.250. The second-order valence-corrected chi connectivity index (χ2v) is 5.20. The molecule has 0 heterocycles. The molecule has 0 bridgehead atoms. The van der Waals surface area contributed by atoms with Crippen molar-refractivity contribution in [3.63, 3.8) is 0 Å². The Kier molecular flexibility index (Phi) is 4.91. The number of likely N-dealkylation sites (N-methyl/N-ethyl adjacent to an activating group) is 1. The van der Waals surface area contributed by atoms with Crippen molar-refractivity contribution in [3.8, 4) is 0 Å². The lowest BCUT2D eigenvalue weighted by Crippen LogP contribution is -2.22. The summed E-state index contributed by atoms with van der Waals surface area (Å²) in [7, 11) is 1.66. The lowest BCUT2D eigenvalue weighted by atomic mass is 9.94. The lowest BCUT2D eigenvalue weighted by Gasteiger charge is -2.21. The molecule has 2 rings (SSSR count). The van der Waals surface area contributed by atoms with Gasteiger partial charge in [0.15, 0.2) is 0 Å². The Morgan fingerprint density at radius 1 is 1.10 bits per heavy atom. The molecule has 5 heteroatoms. The number of hydrogen-bond acceptors (Lipinski definition) is 1. The van der Waals surface area contributed by atoms with Gasteiger partial charge in [0, 0.05) is 11.1 Å². The van der Waals surface area contributed by atoms with E-state index in [1.807, 2.05) is 6.07 Å². The van der Waals surface area contributed by atoms with Gasteiger partial charge in [0.2, 0.25) is 0 Å². The Morgan fingerprint density at radius 3 is 2.43 bits per heavy atom. The van der Waals surface area contributed by atoms with Gasteiger partial charge in [-0.2, -0.15) is 13.2 Å². The second kappa shape index (κ2) is 6.50. The quantitative estimate of drug-likeness (QED) is 0.850. The largest absolute Gasteiger partial charge is 0.416 e. The molecule has 0 aliphatic rings. The third-order valence-electron chi connectivity index (χ3n) is 3.32. The van der Waals surface area contributed by atoms with Crippen LogP contribution in [0.15, 0.2) is 48.5 Å². The number of rotatable bonds is 4. The first kappa shape index (κ1) is 15.9. The first-order valence-corrected chi connectivity index (χ1v) is 6.87. The molecule has 0 aromatic heterocycles. The molecule has 1 atom stereocenters. The minimum atomic E-state index is -4.36. The van der Waals surface area contributed by atoms with Crippen LogP contribution < -0.4 is 5.32 Å². The second-order valence-electron chi connectivity index (χ2n) is 4.76. The SMILES string of the molecule is CNC(Cc1cccc(Cl)c1)c1ccccc1C(F)(F)F. The van der Waals surface area contributed by atoms with E-state index < -0.39 is 17.8 Å². The molecule has 1 nitrogen and oxygen atoms in total. The highest BCUT2D eigenvalue weighted by Crippen LogP contribution is 2.35. The summed E-state index contributed by atoms with van der Waals surface area (Å²) in [5, 5.41) is 3.53. The van der Waals surface area contributed by atoms with Crippen LogP contribution in [0.1, 0.15) is 22.7 Å². The van der Waals surface area contributed by atoms with Crippen LogP contribution in [0.25, 0.3) is 0 Å². The molecule has 0 spiro atoms. The van der Waals surface area contributed by atoms with Crippen molar-refractivity contribution >= 4 is 11.6 Å². The van der Waals surface area contributed by atoms with Crippen LogP contribution in [0.4, 0.5) is 13.2 Å². The van der Waals surface area contributed by atoms with E-state index in [0.717, 1.165) is 11.6 Å². The molecule has 21 heavy (non-hydrogen) atoms. The fourth-order valence-corrected chi connectivity index (χ4v) is 2.54. The maximum absolute atomic E-state index is 13.1. The molecular weight excluding hydrogens is 299 g/mol. The third-order valence-corrected chi connectivity index (χ3v) is 3.55. The highest BCUT2D eigenvalue weighted by molar-refractivity contribution is 6.30. The number of nitrogens with one attached hydrogen (secondary N) is 1. The van der Waals surface area contributed by atoms with Crippen LogP contribution in [0.5, 0.6) is 0 Å². The Hall–Kier alpha value is -1.52. The van der Waals surface area contributed by atoms with Crippen LogP contribution in [0, 0.1) is 0 Å². The van der Waals surface area contributed by atoms with E-state index in [4.69, 9.17) is 11.6 Å². The molecule has 0 amide bonds. The summed E-state index contributed by atoms with van der Waals surface area (Å²) >= 11 is 5.92. The molecule has 1 unspecified atom stereocenters. The summed E-state index contributed by atoms with van der Waals surface area (Å²) in [6, 6.07) is 12.4. The van der Waals surface area contributed by atoms with Crippen LogP contribution in [0.2, 0.25) is 5.02 Å². The van der Waals surface area contributed by atoms with Crippen LogP contribution >= 0.6 is 11.6 Å². The molecule has 0 saturated heterocycles. The summed E-state index contributed by atoms with van der Waals surface area (Å²) in [5.41, 5.74) is 0.526. The van der Waals surface area contributed by atoms with Crippen LogP contribution in [-0.2, 0) is 12.6 Å². The number of benzene rings is 2. The average molecular weight is 314 g/mol. The normalized spacial score (nSPS) is 13.2. The van der Waals surface area contributed by atoms with E-state index in [1.165, 1.54) is 12.1 Å². The Balaban J connectivity index is 2.34. The Labute approximate surface area is 126 Å². The van der Waals surface area contributed by atoms with Crippen LogP contribution in [0.3, 0.4) is 0 Å². The zero-order valence-corrected chi connectivity index (χ0v) is 12.2. The maximum atomic E-state index is 13.1. The zero-order valence-electron chi connectivity index (χ0n) is 11.4. The molecule has 0 fully saturated rings. The van der Waals surface area contributed by atoms with E-state index in [9.17, 15) is 13.2 Å². The van der Waals surface area contributed by atoms with Gasteiger partial charge in [0.25, 0.3) is 0 Å². The minimum Gasteiger partial charge on any atom is -0.313 e. The van der Waals surface area contributed by atoms with Gasteiger partial charge in [-0.05, 0) is 42.8 Å². The summed E-state index contributed by atoms with van der Waals surface area (Å²) in [6.07, 6.45) is -3.93. The van der Waals surface area contributed by atoms with Gasteiger partial charge in [-0.25, -0.2) is 0 Å². The van der Waals surface area contributed by atoms with E-state index in [0.29, 0.717) is 11.4 Å². The maximum Gasteiger partial charge on any atom is 0.416 e. The summed E-state index contributed by atoms with van der Waals surface area (Å²) in [5.74, 6) is 0. The van der Waals surface area contributed by atoms with Crippen molar-refractivity contribution in [2.45, 2.75) is 18.6 Å². The van der Waals surface area contributed by atoms with Gasteiger partial charge in [0.1, 0.15) is 0 Å². The summed E-state index contributed by atoms with van der Waals surface area (Å²) < 4.78 is 39.3. The molecular formula is C16H15ClF3N. The molecule has 0 aliphatic carbocycles. The minimum absolute atomic E-state index is 0.243. The van der Waals surface area contributed by atoms with E-state index in [2.05, 4.69) is 5.32 Å². The van der Waals surface area contributed by atoms with Gasteiger partial charge < -0.3 is 5.32 Å². The van der Waals surface area contributed by atoms with Gasteiger partial charge in [-0.3, -0.25) is 0 Å². The predicted octanol–water partition coefficient (Wildman–Crippen LogP) is 4.86. The molecule has 0 saturated carbocycles. The number of alkyl halides is 3. The van der Waals surface area contributed by atoms with Crippen molar-refractivity contribution < 1.29 is 13.2 Å². The van der Waals surface area contributed by atoms with Gasteiger partial charge in [0.05, 0.1) is 5.56 Å².